The van der Waals surface area contributed by atoms with Gasteiger partial charge in [0, 0.05) is 32.5 Å². The maximum absolute atomic E-state index is 12.8. The van der Waals surface area contributed by atoms with E-state index in [0.29, 0.717) is 49.8 Å². The minimum absolute atomic E-state index is 0.133. The second kappa shape index (κ2) is 7.51. The number of aromatic amines is 1. The standard InChI is InChI=1S/C20H27N5O5/c1-12-17(30-13(2)23-12)18(28)24-19(3)10-20(29-9-14(19)26)4-6-25(7-5-20)15-8-16(27)22-11-21-15/h8,11,14,26H,4-7,9-10H2,1-3H3,(H,24,28)(H,21,22,27)/t14-,19-/m1/s1. The number of aliphatic hydroxyl groups is 1. The van der Waals surface area contributed by atoms with E-state index >= 15 is 0 Å². The molecule has 1 spiro atoms. The van der Waals surface area contributed by atoms with E-state index in [-0.39, 0.29) is 17.9 Å². The summed E-state index contributed by atoms with van der Waals surface area (Å²) in [7, 11) is 0. The molecule has 2 aliphatic rings. The molecule has 2 saturated heterocycles. The predicted molar refractivity (Wildman–Crippen MR) is 107 cm³/mol. The third-order valence-electron chi connectivity index (χ3n) is 6.14. The molecule has 0 aromatic carbocycles. The average molecular weight is 417 g/mol. The van der Waals surface area contributed by atoms with E-state index in [4.69, 9.17) is 9.15 Å². The smallest absolute Gasteiger partial charge is 0.289 e. The zero-order valence-corrected chi connectivity index (χ0v) is 17.4. The Labute approximate surface area is 173 Å². The monoisotopic (exact) mass is 417 g/mol. The highest BCUT2D eigenvalue weighted by molar-refractivity contribution is 5.93. The fraction of sp³-hybridized carbons (Fsp3) is 0.600. The van der Waals surface area contributed by atoms with E-state index in [0.717, 1.165) is 0 Å². The number of anilines is 1. The van der Waals surface area contributed by atoms with E-state index in [9.17, 15) is 14.7 Å². The number of hydrogen-bond acceptors (Lipinski definition) is 8. The number of aromatic nitrogens is 3. The van der Waals surface area contributed by atoms with Gasteiger partial charge in [0.05, 0.1) is 29.8 Å². The van der Waals surface area contributed by atoms with E-state index in [1.165, 1.54) is 12.4 Å². The van der Waals surface area contributed by atoms with Gasteiger partial charge in [-0.05, 0) is 26.7 Å². The molecule has 2 fully saturated rings. The molecule has 30 heavy (non-hydrogen) atoms. The fourth-order valence-electron chi connectivity index (χ4n) is 4.46. The van der Waals surface area contributed by atoms with Gasteiger partial charge in [-0.15, -0.1) is 0 Å². The third kappa shape index (κ3) is 3.84. The first kappa shape index (κ1) is 20.5. The van der Waals surface area contributed by atoms with Crippen LogP contribution in [0.4, 0.5) is 5.82 Å². The maximum atomic E-state index is 12.8. The Hall–Kier alpha value is -2.72. The number of aryl methyl sites for hydroxylation is 2. The number of ether oxygens (including phenoxy) is 1. The number of nitrogens with zero attached hydrogens (tertiary/aromatic N) is 3. The van der Waals surface area contributed by atoms with Crippen molar-refractivity contribution in [1.29, 1.82) is 0 Å². The van der Waals surface area contributed by atoms with Crippen LogP contribution in [0.3, 0.4) is 0 Å². The highest BCUT2D eigenvalue weighted by Gasteiger charge is 2.50. The summed E-state index contributed by atoms with van der Waals surface area (Å²) < 4.78 is 11.5. The summed E-state index contributed by atoms with van der Waals surface area (Å²) in [4.78, 5) is 37.3. The van der Waals surface area contributed by atoms with Crippen molar-refractivity contribution in [2.75, 3.05) is 24.6 Å². The van der Waals surface area contributed by atoms with Crippen molar-refractivity contribution >= 4 is 11.7 Å². The molecular formula is C20H27N5O5. The molecule has 1 amide bonds. The molecule has 0 unspecified atom stereocenters. The summed E-state index contributed by atoms with van der Waals surface area (Å²) >= 11 is 0. The minimum atomic E-state index is -0.868. The van der Waals surface area contributed by atoms with Gasteiger partial charge in [0.2, 0.25) is 5.76 Å². The van der Waals surface area contributed by atoms with Gasteiger partial charge in [-0.1, -0.05) is 0 Å². The molecule has 0 aliphatic carbocycles. The van der Waals surface area contributed by atoms with E-state index in [1.54, 1.807) is 13.8 Å². The van der Waals surface area contributed by atoms with E-state index in [2.05, 4.69) is 20.3 Å². The molecule has 0 bridgehead atoms. The fourth-order valence-corrected chi connectivity index (χ4v) is 4.46. The number of amides is 1. The number of hydrogen-bond donors (Lipinski definition) is 3. The zero-order valence-electron chi connectivity index (χ0n) is 17.4. The van der Waals surface area contributed by atoms with Crippen LogP contribution in [0.15, 0.2) is 21.6 Å². The van der Waals surface area contributed by atoms with Crippen molar-refractivity contribution in [3.05, 3.63) is 40.1 Å². The van der Waals surface area contributed by atoms with Crippen molar-refractivity contribution in [1.82, 2.24) is 20.3 Å². The molecule has 10 heteroatoms. The Morgan fingerprint density at radius 1 is 1.37 bits per heavy atom. The number of oxazole rings is 1. The Morgan fingerprint density at radius 3 is 2.73 bits per heavy atom. The summed E-state index contributed by atoms with van der Waals surface area (Å²) in [6, 6.07) is 1.48. The van der Waals surface area contributed by atoms with Crippen LogP contribution in [0, 0.1) is 13.8 Å². The van der Waals surface area contributed by atoms with Crippen molar-refractivity contribution in [2.45, 2.75) is 57.3 Å². The van der Waals surface area contributed by atoms with Crippen LogP contribution in [0.2, 0.25) is 0 Å². The summed E-state index contributed by atoms with van der Waals surface area (Å²) in [6.07, 6.45) is 2.41. The molecule has 0 radical (unpaired) electrons. The largest absolute Gasteiger partial charge is 0.436 e. The van der Waals surface area contributed by atoms with Gasteiger partial charge >= 0.3 is 0 Å². The Bertz CT molecular complexity index is 993. The lowest BCUT2D eigenvalue weighted by Gasteiger charge is -2.52. The normalized spacial score (nSPS) is 26.0. The van der Waals surface area contributed by atoms with Gasteiger partial charge in [0.15, 0.2) is 5.89 Å². The van der Waals surface area contributed by atoms with Crippen LogP contribution in [0.25, 0.3) is 0 Å². The summed E-state index contributed by atoms with van der Waals surface area (Å²) in [5.41, 5.74) is -1.01. The summed E-state index contributed by atoms with van der Waals surface area (Å²) in [5, 5.41) is 13.6. The highest BCUT2D eigenvalue weighted by Crippen LogP contribution is 2.40. The first-order valence-electron chi connectivity index (χ1n) is 10.1. The highest BCUT2D eigenvalue weighted by atomic mass is 16.5. The van der Waals surface area contributed by atoms with Crippen molar-refractivity contribution in [3.63, 3.8) is 0 Å². The zero-order chi connectivity index (χ0) is 21.5. The molecule has 10 nitrogen and oxygen atoms in total. The lowest BCUT2D eigenvalue weighted by Crippen LogP contribution is -2.65. The van der Waals surface area contributed by atoms with Crippen LogP contribution >= 0.6 is 0 Å². The number of H-pyrrole nitrogens is 1. The van der Waals surface area contributed by atoms with E-state index in [1.807, 2.05) is 11.8 Å². The van der Waals surface area contributed by atoms with Crippen LogP contribution < -0.4 is 15.8 Å². The van der Waals surface area contributed by atoms with Crippen LogP contribution in [-0.2, 0) is 4.74 Å². The topological polar surface area (TPSA) is 134 Å². The number of nitrogens with one attached hydrogen (secondary N) is 2. The number of carbonyl (C=O) groups is 1. The Morgan fingerprint density at radius 2 is 2.10 bits per heavy atom. The van der Waals surface area contributed by atoms with Crippen molar-refractivity contribution in [2.24, 2.45) is 0 Å². The molecule has 3 N–H and O–H groups in total. The third-order valence-corrected chi connectivity index (χ3v) is 6.14. The minimum Gasteiger partial charge on any atom is -0.436 e. The first-order chi connectivity index (χ1) is 14.2. The SMILES string of the molecule is Cc1nc(C)c(C(=O)N[C@]2(C)CC3(CCN(c4cc(=O)[nH]cn4)CC3)OC[C@H]2O)o1. The van der Waals surface area contributed by atoms with Crippen LogP contribution in [-0.4, -0.2) is 62.9 Å². The van der Waals surface area contributed by atoms with Crippen LogP contribution in [0.5, 0.6) is 0 Å². The first-order valence-corrected chi connectivity index (χ1v) is 10.1. The quantitative estimate of drug-likeness (QED) is 0.664. The molecule has 4 rings (SSSR count). The van der Waals surface area contributed by atoms with Crippen LogP contribution in [0.1, 0.15) is 48.3 Å². The second-order valence-electron chi connectivity index (χ2n) is 8.46. The molecule has 2 aromatic heterocycles. The van der Waals surface area contributed by atoms with Gasteiger partial charge < -0.3 is 29.5 Å². The lowest BCUT2D eigenvalue weighted by molar-refractivity contribution is -0.167. The molecule has 2 atom stereocenters. The van der Waals surface area contributed by atoms with Gasteiger partial charge in [-0.25, -0.2) is 9.97 Å². The lowest BCUT2D eigenvalue weighted by atomic mass is 9.74. The van der Waals surface area contributed by atoms with Crippen molar-refractivity contribution in [3.8, 4) is 0 Å². The van der Waals surface area contributed by atoms with Gasteiger partial charge in [-0.2, -0.15) is 0 Å². The van der Waals surface area contributed by atoms with Gasteiger partial charge in [0.1, 0.15) is 11.9 Å². The maximum Gasteiger partial charge on any atom is 0.289 e. The Kier molecular flexibility index (Phi) is 5.15. The number of piperidine rings is 1. The summed E-state index contributed by atoms with van der Waals surface area (Å²) in [5.74, 6) is 0.831. The Balaban J connectivity index is 1.47. The second-order valence-corrected chi connectivity index (χ2v) is 8.46. The number of aliphatic hydroxyl groups excluding tert-OH is 1. The van der Waals surface area contributed by atoms with E-state index < -0.39 is 23.2 Å². The molecule has 2 aromatic rings. The van der Waals surface area contributed by atoms with Crippen molar-refractivity contribution < 1.29 is 19.1 Å². The molecule has 2 aliphatic heterocycles. The predicted octanol–water partition coefficient (Wildman–Crippen LogP) is 0.684. The summed E-state index contributed by atoms with van der Waals surface area (Å²) in [6.45, 7) is 6.70. The van der Waals surface area contributed by atoms with Gasteiger partial charge in [-0.3, -0.25) is 9.59 Å². The average Bonchev–Trinajstić information content (AvgIpc) is 3.04. The molecule has 0 saturated carbocycles. The van der Waals surface area contributed by atoms with Gasteiger partial charge in [0.25, 0.3) is 11.5 Å². The number of rotatable bonds is 3. The molecule has 162 valence electrons. The number of carbonyl (C=O) groups excluding carboxylic acids is 1. The molecule has 4 heterocycles. The molecular weight excluding hydrogens is 390 g/mol.